The van der Waals surface area contributed by atoms with Crippen LogP contribution in [0.5, 0.6) is 11.8 Å². The first-order chi connectivity index (χ1) is 23.5. The van der Waals surface area contributed by atoms with Crippen molar-refractivity contribution in [1.82, 2.24) is 14.5 Å². The van der Waals surface area contributed by atoms with Crippen molar-refractivity contribution in [1.29, 1.82) is 0 Å². The van der Waals surface area contributed by atoms with E-state index in [1.54, 1.807) is 36.4 Å². The minimum absolute atomic E-state index is 0.103. The lowest BCUT2D eigenvalue weighted by Crippen LogP contribution is -2.33. The Balaban J connectivity index is 1.18. The van der Waals surface area contributed by atoms with E-state index in [0.717, 1.165) is 57.4 Å². The number of carbonyl (C=O) groups is 7. The number of rotatable bonds is 11. The van der Waals surface area contributed by atoms with E-state index in [2.05, 4.69) is 10.6 Å². The Kier molecular flexibility index (Phi) is 8.68. The number of amides is 6. The molecule has 0 bridgehead atoms. The molecule has 2 aliphatic heterocycles. The van der Waals surface area contributed by atoms with Gasteiger partial charge in [0.05, 0.1) is 0 Å². The zero-order chi connectivity index (χ0) is 34.8. The van der Waals surface area contributed by atoms with Crippen LogP contribution in [0.15, 0.2) is 72.8 Å². The number of anilines is 2. The molecule has 0 atom stereocenters. The molecule has 3 aliphatic rings. The molecule has 0 spiro atoms. The third-order valence-electron chi connectivity index (χ3n) is 7.97. The van der Waals surface area contributed by atoms with Crippen molar-refractivity contribution in [3.8, 4) is 22.9 Å². The van der Waals surface area contributed by atoms with Gasteiger partial charge in [-0.2, -0.15) is 0 Å². The Morgan fingerprint density at radius 3 is 1.51 bits per heavy atom. The van der Waals surface area contributed by atoms with Gasteiger partial charge in [0.25, 0.3) is 23.6 Å². The highest BCUT2D eigenvalue weighted by Gasteiger charge is 2.32. The number of hydrogen-bond donors (Lipinski definition) is 4. The summed E-state index contributed by atoms with van der Waals surface area (Å²) in [5.41, 5.74) is 3.54. The van der Waals surface area contributed by atoms with E-state index in [1.165, 1.54) is 0 Å². The summed E-state index contributed by atoms with van der Waals surface area (Å²) in [6.45, 7) is -0.503. The topological polar surface area (TPSA) is 214 Å². The van der Waals surface area contributed by atoms with E-state index in [9.17, 15) is 43.8 Å². The molecule has 16 nitrogen and oxygen atoms in total. The van der Waals surface area contributed by atoms with Crippen molar-refractivity contribution >= 4 is 53.0 Å². The number of nitrogens with zero attached hydrogens (tertiary/aromatic N) is 3. The second kappa shape index (κ2) is 13.2. The summed E-state index contributed by atoms with van der Waals surface area (Å²) >= 11 is 0. The highest BCUT2D eigenvalue weighted by Crippen LogP contribution is 2.47. The summed E-state index contributed by atoms with van der Waals surface area (Å²) < 4.78 is 5.84. The molecule has 1 aromatic heterocycles. The van der Waals surface area contributed by atoms with Crippen LogP contribution in [-0.2, 0) is 33.5 Å². The van der Waals surface area contributed by atoms with Crippen LogP contribution in [0, 0.1) is 0 Å². The summed E-state index contributed by atoms with van der Waals surface area (Å²) in [6.07, 6.45) is 3.00. The third kappa shape index (κ3) is 6.73. The van der Waals surface area contributed by atoms with Gasteiger partial charge in [-0.3, -0.25) is 43.4 Å². The Morgan fingerprint density at radius 2 is 1.08 bits per heavy atom. The molecule has 1 aliphatic carbocycles. The van der Waals surface area contributed by atoms with E-state index in [1.807, 2.05) is 0 Å². The Bertz CT molecular complexity index is 1830. The highest BCUT2D eigenvalue weighted by molar-refractivity contribution is 6.13. The molecule has 6 rings (SSSR count). The van der Waals surface area contributed by atoms with Crippen LogP contribution < -0.4 is 15.5 Å². The van der Waals surface area contributed by atoms with E-state index in [0.29, 0.717) is 27.2 Å². The number of aromatic hydroxyl groups is 2. The van der Waals surface area contributed by atoms with Crippen LogP contribution in [-0.4, -0.2) is 86.0 Å². The van der Waals surface area contributed by atoms with Gasteiger partial charge in [-0.15, -0.1) is 4.73 Å². The van der Waals surface area contributed by atoms with E-state index in [4.69, 9.17) is 9.57 Å². The Morgan fingerprint density at radius 1 is 0.653 bits per heavy atom. The number of nitrogens with one attached hydrogen (secondary N) is 2. The lowest BCUT2D eigenvalue weighted by atomic mass is 9.97. The van der Waals surface area contributed by atoms with Gasteiger partial charge in [0, 0.05) is 79.7 Å². The predicted octanol–water partition coefficient (Wildman–Crippen LogP) is 1.78. The van der Waals surface area contributed by atoms with Gasteiger partial charge in [0.1, 0.15) is 6.61 Å². The van der Waals surface area contributed by atoms with Gasteiger partial charge in [-0.05, 0) is 46.5 Å². The van der Waals surface area contributed by atoms with Crippen molar-refractivity contribution in [2.45, 2.75) is 18.8 Å². The van der Waals surface area contributed by atoms with Gasteiger partial charge < -0.3 is 25.6 Å². The van der Waals surface area contributed by atoms with Crippen molar-refractivity contribution in [2.24, 2.45) is 0 Å². The van der Waals surface area contributed by atoms with Gasteiger partial charge in [0.15, 0.2) is 0 Å². The number of hydrogen-bond acceptors (Lipinski definition) is 11. The average Bonchev–Trinajstić information content (AvgIpc) is 3.77. The minimum atomic E-state index is -1.24. The number of aromatic nitrogens is 1. The van der Waals surface area contributed by atoms with Crippen LogP contribution in [0.2, 0.25) is 0 Å². The molecule has 0 saturated carbocycles. The lowest BCUT2D eigenvalue weighted by Gasteiger charge is -2.17. The number of benzene rings is 2. The van der Waals surface area contributed by atoms with Gasteiger partial charge in [-0.25, -0.2) is 4.79 Å². The summed E-state index contributed by atoms with van der Waals surface area (Å²) in [6, 6.07) is 12.4. The molecule has 49 heavy (non-hydrogen) atoms. The molecule has 4 N–H and O–H groups in total. The van der Waals surface area contributed by atoms with Crippen molar-refractivity contribution < 1.29 is 53.3 Å². The van der Waals surface area contributed by atoms with Crippen LogP contribution >= 0.6 is 0 Å². The second-order valence-corrected chi connectivity index (χ2v) is 11.1. The smallest absolute Gasteiger partial charge is 0.492 e. The Labute approximate surface area is 276 Å². The summed E-state index contributed by atoms with van der Waals surface area (Å²) in [5.74, 6) is -4.64. The van der Waals surface area contributed by atoms with Crippen molar-refractivity contribution in [3.63, 3.8) is 0 Å². The molecule has 3 heterocycles. The standard InChI is InChI=1S/C33H27N5O11/c39-25(11-13-36-27(41)5-6-28(36)42)34-18-1-3-20-21-4-2-19(35-26(40)12-14-37-29(43)7-8-30(37)44)16-23(21)24(22(20)15-18)17-48-33(47)49-38-31(45)9-10-32(38)46/h1-10,15-16,24,45-46H,11-14,17H2,(H,34,39)(H,35,40). The molecule has 250 valence electrons. The molecular formula is C33H27N5O11. The molecule has 3 aromatic rings. The minimum Gasteiger partial charge on any atom is -0.492 e. The van der Waals surface area contributed by atoms with Gasteiger partial charge >= 0.3 is 6.16 Å². The fraction of sp³-hybridized carbons (Fsp3) is 0.182. The van der Waals surface area contributed by atoms with Gasteiger partial charge in [-0.1, -0.05) is 12.1 Å². The lowest BCUT2D eigenvalue weighted by molar-refractivity contribution is -0.138. The number of fused-ring (bicyclic) bond motifs is 3. The van der Waals surface area contributed by atoms with Crippen LogP contribution in [0.4, 0.5) is 16.2 Å². The quantitative estimate of drug-likeness (QED) is 0.171. The van der Waals surface area contributed by atoms with Crippen molar-refractivity contribution in [2.75, 3.05) is 30.3 Å². The molecule has 0 unspecified atom stereocenters. The molecule has 0 fully saturated rings. The highest BCUT2D eigenvalue weighted by atomic mass is 16.8. The molecule has 2 aromatic carbocycles. The maximum absolute atomic E-state index is 12.7. The maximum atomic E-state index is 12.7. The largest absolute Gasteiger partial charge is 0.534 e. The average molecular weight is 670 g/mol. The molecule has 0 saturated heterocycles. The second-order valence-electron chi connectivity index (χ2n) is 11.1. The van der Waals surface area contributed by atoms with Crippen LogP contribution in [0.3, 0.4) is 0 Å². The molecule has 16 heteroatoms. The monoisotopic (exact) mass is 669 g/mol. The number of ether oxygens (including phenoxy) is 1. The molecule has 0 radical (unpaired) electrons. The first-order valence-electron chi connectivity index (χ1n) is 14.9. The molecular weight excluding hydrogens is 642 g/mol. The first kappa shape index (κ1) is 32.2. The number of carbonyl (C=O) groups excluding carboxylic acids is 7. The predicted molar refractivity (Wildman–Crippen MR) is 168 cm³/mol. The maximum Gasteiger partial charge on any atom is 0.534 e. The van der Waals surface area contributed by atoms with Gasteiger partial charge in [0.2, 0.25) is 23.6 Å². The first-order valence-corrected chi connectivity index (χ1v) is 14.9. The normalized spacial score (nSPS) is 14.8. The zero-order valence-electron chi connectivity index (χ0n) is 25.5. The SMILES string of the molecule is O=C(CCN1C(=O)C=CC1=O)Nc1ccc2c(c1)C(COC(=O)On1c(O)ccc1O)c1cc(NC(=O)CCN3C(=O)C=CC3=O)ccc1-2. The van der Waals surface area contributed by atoms with Crippen LogP contribution in [0.25, 0.3) is 11.1 Å². The summed E-state index contributed by atoms with van der Waals surface area (Å²) in [5, 5.41) is 25.1. The Hall–Kier alpha value is -6.71. The third-order valence-corrected chi connectivity index (χ3v) is 7.97. The summed E-state index contributed by atoms with van der Waals surface area (Å²) in [4.78, 5) is 92.1. The van der Waals surface area contributed by atoms with E-state index in [-0.39, 0.29) is 32.5 Å². The fourth-order valence-electron chi connectivity index (χ4n) is 5.62. The summed E-state index contributed by atoms with van der Waals surface area (Å²) in [7, 11) is 0. The zero-order valence-corrected chi connectivity index (χ0v) is 25.5. The number of imide groups is 2. The van der Waals surface area contributed by atoms with E-state index >= 15 is 0 Å². The van der Waals surface area contributed by atoms with Crippen molar-refractivity contribution in [3.05, 3.63) is 84.0 Å². The fourth-order valence-corrected chi connectivity index (χ4v) is 5.62. The molecule has 6 amide bonds. The van der Waals surface area contributed by atoms with Crippen LogP contribution in [0.1, 0.15) is 29.9 Å². The van der Waals surface area contributed by atoms with E-state index < -0.39 is 59.3 Å².